The van der Waals surface area contributed by atoms with E-state index in [0.717, 1.165) is 5.56 Å². The summed E-state index contributed by atoms with van der Waals surface area (Å²) in [5.74, 6) is 0.613. The molecule has 2 aromatic carbocycles. The fraction of sp³-hybridized carbons (Fsp3) is 0.333. The number of carbonyl (C=O) groups is 1. The number of carbonyl (C=O) groups excluding carboxylic acids is 1. The Labute approximate surface area is 166 Å². The lowest BCUT2D eigenvalue weighted by Crippen LogP contribution is -2.43. The van der Waals surface area contributed by atoms with Gasteiger partial charge in [-0.05, 0) is 57.0 Å². The van der Waals surface area contributed by atoms with Crippen LogP contribution in [0.15, 0.2) is 42.5 Å². The Hall–Kier alpha value is -2.90. The second kappa shape index (κ2) is 9.87. The molecule has 2 rings (SSSR count). The van der Waals surface area contributed by atoms with Crippen molar-refractivity contribution in [1.29, 1.82) is 5.41 Å². The summed E-state index contributed by atoms with van der Waals surface area (Å²) in [6.45, 7) is 1.21. The Morgan fingerprint density at radius 3 is 2.61 bits per heavy atom. The highest BCUT2D eigenvalue weighted by atomic mass is 16.5. The lowest BCUT2D eigenvalue weighted by Gasteiger charge is -2.29. The van der Waals surface area contributed by atoms with Crippen LogP contribution < -0.4 is 20.7 Å². The molecule has 7 nitrogen and oxygen atoms in total. The number of benzene rings is 2. The van der Waals surface area contributed by atoms with Crippen molar-refractivity contribution in [2.45, 2.75) is 6.04 Å². The minimum Gasteiger partial charge on any atom is -0.497 e. The zero-order valence-corrected chi connectivity index (χ0v) is 16.9. The van der Waals surface area contributed by atoms with Gasteiger partial charge in [0.25, 0.3) is 0 Å². The molecule has 1 amide bonds. The third kappa shape index (κ3) is 5.09. The van der Waals surface area contributed by atoms with Crippen molar-refractivity contribution >= 4 is 23.5 Å². The predicted octanol–water partition coefficient (Wildman–Crippen LogP) is 2.13. The number of anilines is 2. The number of nitrogens with one attached hydrogen (secondary N) is 2. The molecule has 0 spiro atoms. The Kier molecular flexibility index (Phi) is 7.54. The molecule has 28 heavy (non-hydrogen) atoms. The number of nitrogen functional groups attached to an aromatic ring is 1. The first-order valence-corrected chi connectivity index (χ1v) is 9.08. The van der Waals surface area contributed by atoms with Gasteiger partial charge in [0.1, 0.15) is 11.8 Å². The molecule has 0 saturated heterocycles. The molecule has 150 valence electrons. The summed E-state index contributed by atoms with van der Waals surface area (Å²) >= 11 is 0. The second-order valence-corrected chi connectivity index (χ2v) is 6.75. The number of rotatable bonds is 9. The average molecular weight is 383 g/mol. The van der Waals surface area contributed by atoms with E-state index in [0.29, 0.717) is 35.8 Å². The van der Waals surface area contributed by atoms with Crippen molar-refractivity contribution in [3.8, 4) is 5.75 Å². The Balaban J connectivity index is 2.42. The number of nitrogens with two attached hydrogens (primary N) is 1. The molecule has 0 fully saturated rings. The fourth-order valence-corrected chi connectivity index (χ4v) is 2.93. The van der Waals surface area contributed by atoms with Crippen LogP contribution in [0.3, 0.4) is 0 Å². The smallest absolute Gasteiger partial charge is 0.248 e. The number of hydrogen-bond acceptors (Lipinski definition) is 6. The summed E-state index contributed by atoms with van der Waals surface area (Å²) in [5.41, 5.74) is 8.55. The van der Waals surface area contributed by atoms with E-state index in [1.165, 1.54) is 6.21 Å². The monoisotopic (exact) mass is 383 g/mol. The number of likely N-dealkylation sites (N-methyl/N-ethyl adjacent to an activating group) is 2. The number of methoxy groups -OCH3 is 1. The summed E-state index contributed by atoms with van der Waals surface area (Å²) in [6, 6.07) is 12.3. The zero-order chi connectivity index (χ0) is 20.7. The van der Waals surface area contributed by atoms with Gasteiger partial charge in [0.15, 0.2) is 0 Å². The summed E-state index contributed by atoms with van der Waals surface area (Å²) in [5, 5.41) is 10.7. The quantitative estimate of drug-likeness (QED) is 0.455. The first-order valence-electron chi connectivity index (χ1n) is 9.08. The van der Waals surface area contributed by atoms with E-state index in [-0.39, 0.29) is 5.91 Å². The molecule has 0 aliphatic rings. The van der Waals surface area contributed by atoms with Gasteiger partial charge in [-0.1, -0.05) is 12.1 Å². The van der Waals surface area contributed by atoms with Crippen molar-refractivity contribution in [3.05, 3.63) is 53.6 Å². The third-order valence-corrected chi connectivity index (χ3v) is 4.54. The van der Waals surface area contributed by atoms with E-state index >= 15 is 0 Å². The lowest BCUT2D eigenvalue weighted by molar-refractivity contribution is -0.120. The van der Waals surface area contributed by atoms with E-state index in [2.05, 4.69) is 5.32 Å². The van der Waals surface area contributed by atoms with Crippen molar-refractivity contribution in [2.75, 3.05) is 52.0 Å². The molecular weight excluding hydrogens is 354 g/mol. The van der Waals surface area contributed by atoms with Crippen molar-refractivity contribution in [1.82, 2.24) is 10.2 Å². The maximum atomic E-state index is 13.5. The fourth-order valence-electron chi connectivity index (χ4n) is 2.93. The van der Waals surface area contributed by atoms with Crippen LogP contribution in [0.4, 0.5) is 11.4 Å². The minimum absolute atomic E-state index is 0.0849. The molecule has 0 bridgehead atoms. The number of amides is 1. The SMILES string of the molecule is CNC(C(=O)N(CCN(C)C)c1ccc(N)c(C=N)c1)c1cccc(OC)c1. The van der Waals surface area contributed by atoms with E-state index in [9.17, 15) is 4.79 Å². The minimum atomic E-state index is -0.529. The van der Waals surface area contributed by atoms with Crippen LogP contribution >= 0.6 is 0 Å². The molecule has 0 aliphatic heterocycles. The van der Waals surface area contributed by atoms with E-state index in [4.69, 9.17) is 15.9 Å². The highest BCUT2D eigenvalue weighted by molar-refractivity contribution is 5.99. The first kappa shape index (κ1) is 21.4. The van der Waals surface area contributed by atoms with Gasteiger partial charge >= 0.3 is 0 Å². The average Bonchev–Trinajstić information content (AvgIpc) is 2.69. The summed E-state index contributed by atoms with van der Waals surface area (Å²) in [7, 11) is 7.29. The number of hydrogen-bond donors (Lipinski definition) is 3. The Morgan fingerprint density at radius 1 is 1.25 bits per heavy atom. The van der Waals surface area contributed by atoms with Gasteiger partial charge in [0.2, 0.25) is 5.91 Å². The van der Waals surface area contributed by atoms with Gasteiger partial charge < -0.3 is 31.0 Å². The van der Waals surface area contributed by atoms with Crippen molar-refractivity contribution in [2.24, 2.45) is 0 Å². The topological polar surface area (TPSA) is 94.7 Å². The molecule has 0 radical (unpaired) electrons. The third-order valence-electron chi connectivity index (χ3n) is 4.54. The molecule has 4 N–H and O–H groups in total. The molecular formula is C21H29N5O2. The number of nitrogens with zero attached hydrogens (tertiary/aromatic N) is 2. The van der Waals surface area contributed by atoms with Crippen LogP contribution in [0, 0.1) is 5.41 Å². The van der Waals surface area contributed by atoms with Gasteiger partial charge in [-0.25, -0.2) is 0 Å². The van der Waals surface area contributed by atoms with E-state index in [1.54, 1.807) is 31.2 Å². The molecule has 2 aromatic rings. The molecule has 7 heteroatoms. The standard InChI is InChI=1S/C21H29N5O2/c1-24-20(15-6-5-7-18(13-15)28-4)21(27)26(11-10-25(2)3)17-8-9-19(23)16(12-17)14-22/h5-9,12-14,20,22,24H,10-11,23H2,1-4H3. The van der Waals surface area contributed by atoms with Gasteiger partial charge in [0, 0.05) is 36.2 Å². The maximum Gasteiger partial charge on any atom is 0.248 e. The van der Waals surface area contributed by atoms with Crippen LogP contribution in [0.2, 0.25) is 0 Å². The van der Waals surface area contributed by atoms with Gasteiger partial charge in [-0.2, -0.15) is 0 Å². The largest absolute Gasteiger partial charge is 0.497 e. The van der Waals surface area contributed by atoms with Crippen molar-refractivity contribution in [3.63, 3.8) is 0 Å². The van der Waals surface area contributed by atoms with Crippen LogP contribution in [0.25, 0.3) is 0 Å². The highest BCUT2D eigenvalue weighted by Gasteiger charge is 2.26. The Morgan fingerprint density at radius 2 is 2.00 bits per heavy atom. The van der Waals surface area contributed by atoms with Crippen molar-refractivity contribution < 1.29 is 9.53 Å². The van der Waals surface area contributed by atoms with Crippen LogP contribution in [-0.2, 0) is 4.79 Å². The summed E-state index contributed by atoms with van der Waals surface area (Å²) in [6.07, 6.45) is 1.20. The predicted molar refractivity (Wildman–Crippen MR) is 114 cm³/mol. The molecule has 1 unspecified atom stereocenters. The van der Waals surface area contributed by atoms with Gasteiger partial charge in [-0.15, -0.1) is 0 Å². The molecule has 0 heterocycles. The second-order valence-electron chi connectivity index (χ2n) is 6.75. The molecule has 0 aliphatic carbocycles. The summed E-state index contributed by atoms with van der Waals surface area (Å²) < 4.78 is 5.30. The Bertz CT molecular complexity index is 822. The van der Waals surface area contributed by atoms with E-state index < -0.39 is 6.04 Å². The number of ether oxygens (including phenoxy) is 1. The van der Waals surface area contributed by atoms with Crippen LogP contribution in [0.5, 0.6) is 5.75 Å². The van der Waals surface area contributed by atoms with Gasteiger partial charge in [-0.3, -0.25) is 4.79 Å². The lowest BCUT2D eigenvalue weighted by atomic mass is 10.0. The van der Waals surface area contributed by atoms with Gasteiger partial charge in [0.05, 0.1) is 7.11 Å². The normalized spacial score (nSPS) is 11.9. The molecule has 0 aromatic heterocycles. The zero-order valence-electron chi connectivity index (χ0n) is 16.9. The maximum absolute atomic E-state index is 13.5. The molecule has 0 saturated carbocycles. The van der Waals surface area contributed by atoms with E-state index in [1.807, 2.05) is 49.3 Å². The summed E-state index contributed by atoms with van der Waals surface area (Å²) in [4.78, 5) is 17.2. The highest BCUT2D eigenvalue weighted by Crippen LogP contribution is 2.26. The van der Waals surface area contributed by atoms with Crippen LogP contribution in [0.1, 0.15) is 17.2 Å². The molecule has 1 atom stereocenters. The first-order chi connectivity index (χ1) is 13.4. The van der Waals surface area contributed by atoms with Crippen LogP contribution in [-0.4, -0.2) is 58.4 Å².